The van der Waals surface area contributed by atoms with Gasteiger partial charge in [-0.1, -0.05) is 19.1 Å². The quantitative estimate of drug-likeness (QED) is 0.871. The molecule has 2 aromatic rings. The van der Waals surface area contributed by atoms with E-state index in [9.17, 15) is 9.59 Å². The van der Waals surface area contributed by atoms with Crippen molar-refractivity contribution in [2.75, 3.05) is 13.1 Å². The standard InChI is InChI=1S/C17H21N3O2/c1-13-6-9-19(10-7-13)17(22)8-11-20-15-5-3-2-4-14(15)16(21)12-18-20/h2-5,12-13H,6-11H2,1H3. The largest absolute Gasteiger partial charge is 0.343 e. The first-order valence-corrected chi connectivity index (χ1v) is 7.88. The SMILES string of the molecule is CC1CCN(C(=O)CCn2ncc(=O)c3ccccc32)CC1. The molecule has 5 heteroatoms. The summed E-state index contributed by atoms with van der Waals surface area (Å²) in [6.07, 6.45) is 3.93. The van der Waals surface area contributed by atoms with Gasteiger partial charge in [-0.05, 0) is 30.9 Å². The van der Waals surface area contributed by atoms with Gasteiger partial charge in [-0.3, -0.25) is 14.3 Å². The van der Waals surface area contributed by atoms with Crippen LogP contribution in [0.1, 0.15) is 26.2 Å². The lowest BCUT2D eigenvalue weighted by Crippen LogP contribution is -2.38. The number of hydrogen-bond acceptors (Lipinski definition) is 3. The molecule has 5 nitrogen and oxygen atoms in total. The van der Waals surface area contributed by atoms with Crippen LogP contribution in [0.5, 0.6) is 0 Å². The zero-order valence-corrected chi connectivity index (χ0v) is 12.9. The van der Waals surface area contributed by atoms with E-state index < -0.39 is 0 Å². The summed E-state index contributed by atoms with van der Waals surface area (Å²) in [7, 11) is 0. The van der Waals surface area contributed by atoms with Crippen molar-refractivity contribution in [1.29, 1.82) is 0 Å². The molecule has 1 aliphatic rings. The Balaban J connectivity index is 1.70. The zero-order chi connectivity index (χ0) is 15.5. The van der Waals surface area contributed by atoms with Crippen LogP contribution < -0.4 is 5.43 Å². The third-order valence-corrected chi connectivity index (χ3v) is 4.44. The van der Waals surface area contributed by atoms with Crippen molar-refractivity contribution in [3.05, 3.63) is 40.7 Å². The van der Waals surface area contributed by atoms with Crippen LogP contribution in [0.3, 0.4) is 0 Å². The summed E-state index contributed by atoms with van der Waals surface area (Å²) in [4.78, 5) is 26.0. The molecule has 1 amide bonds. The highest BCUT2D eigenvalue weighted by atomic mass is 16.2. The van der Waals surface area contributed by atoms with Gasteiger partial charge in [0.25, 0.3) is 0 Å². The summed E-state index contributed by atoms with van der Waals surface area (Å²) in [6.45, 7) is 4.46. The van der Waals surface area contributed by atoms with Crippen molar-refractivity contribution in [1.82, 2.24) is 14.7 Å². The molecular formula is C17H21N3O2. The summed E-state index contributed by atoms with van der Waals surface area (Å²) in [5.74, 6) is 0.894. The van der Waals surface area contributed by atoms with Crippen molar-refractivity contribution in [2.24, 2.45) is 5.92 Å². The van der Waals surface area contributed by atoms with Gasteiger partial charge in [-0.25, -0.2) is 0 Å². The molecule has 0 spiro atoms. The monoisotopic (exact) mass is 299 g/mol. The van der Waals surface area contributed by atoms with E-state index in [4.69, 9.17) is 0 Å². The molecule has 2 heterocycles. The fraction of sp³-hybridized carbons (Fsp3) is 0.471. The van der Waals surface area contributed by atoms with Gasteiger partial charge < -0.3 is 4.90 Å². The molecule has 1 aromatic heterocycles. The molecule has 0 radical (unpaired) electrons. The number of aryl methyl sites for hydroxylation is 1. The summed E-state index contributed by atoms with van der Waals surface area (Å²) in [5, 5.41) is 4.82. The summed E-state index contributed by atoms with van der Waals surface area (Å²) in [5.41, 5.74) is 0.707. The number of rotatable bonds is 3. The molecule has 1 aromatic carbocycles. The predicted octanol–water partition coefficient (Wildman–Crippen LogP) is 2.05. The summed E-state index contributed by atoms with van der Waals surface area (Å²) in [6, 6.07) is 7.39. The third kappa shape index (κ3) is 3.03. The van der Waals surface area contributed by atoms with Crippen LogP contribution in [0, 0.1) is 5.92 Å². The third-order valence-electron chi connectivity index (χ3n) is 4.44. The number of hydrogen-bond donors (Lipinski definition) is 0. The number of piperidine rings is 1. The zero-order valence-electron chi connectivity index (χ0n) is 12.9. The fourth-order valence-corrected chi connectivity index (χ4v) is 2.96. The normalized spacial score (nSPS) is 16.1. The number of aromatic nitrogens is 2. The molecular weight excluding hydrogens is 278 g/mol. The maximum Gasteiger partial charge on any atom is 0.224 e. The van der Waals surface area contributed by atoms with Crippen LogP contribution in [-0.4, -0.2) is 33.7 Å². The Morgan fingerprint density at radius 2 is 2.00 bits per heavy atom. The first-order chi connectivity index (χ1) is 10.6. The Labute approximate surface area is 129 Å². The van der Waals surface area contributed by atoms with Crippen LogP contribution in [-0.2, 0) is 11.3 Å². The van der Waals surface area contributed by atoms with Crippen LogP contribution in [0.25, 0.3) is 10.9 Å². The number of fused-ring (bicyclic) bond motifs is 1. The molecule has 1 aliphatic heterocycles. The molecule has 116 valence electrons. The maximum atomic E-state index is 12.3. The number of para-hydroxylation sites is 1. The van der Waals surface area contributed by atoms with E-state index in [0.29, 0.717) is 24.3 Å². The van der Waals surface area contributed by atoms with E-state index in [1.54, 1.807) is 10.7 Å². The molecule has 0 aliphatic carbocycles. The molecule has 0 saturated carbocycles. The van der Waals surface area contributed by atoms with Gasteiger partial charge in [0.05, 0.1) is 18.3 Å². The van der Waals surface area contributed by atoms with Crippen molar-refractivity contribution in [3.8, 4) is 0 Å². The first kappa shape index (κ1) is 14.8. The minimum Gasteiger partial charge on any atom is -0.343 e. The van der Waals surface area contributed by atoms with Gasteiger partial charge in [-0.15, -0.1) is 0 Å². The Kier molecular flexibility index (Phi) is 4.22. The highest BCUT2D eigenvalue weighted by Crippen LogP contribution is 2.17. The molecule has 0 N–H and O–H groups in total. The van der Waals surface area contributed by atoms with Crippen molar-refractivity contribution >= 4 is 16.8 Å². The van der Waals surface area contributed by atoms with Gasteiger partial charge >= 0.3 is 0 Å². The van der Waals surface area contributed by atoms with Gasteiger partial charge in [0.15, 0.2) is 0 Å². The van der Waals surface area contributed by atoms with Crippen LogP contribution in [0.2, 0.25) is 0 Å². The maximum absolute atomic E-state index is 12.3. The number of carbonyl (C=O) groups excluding carboxylic acids is 1. The van der Waals surface area contributed by atoms with Gasteiger partial charge in [-0.2, -0.15) is 5.10 Å². The van der Waals surface area contributed by atoms with E-state index in [2.05, 4.69) is 12.0 Å². The molecule has 0 bridgehead atoms. The highest BCUT2D eigenvalue weighted by molar-refractivity contribution is 5.79. The second-order valence-electron chi connectivity index (χ2n) is 6.06. The van der Waals surface area contributed by atoms with E-state index >= 15 is 0 Å². The van der Waals surface area contributed by atoms with Gasteiger partial charge in [0, 0.05) is 24.9 Å². The number of nitrogens with zero attached hydrogens (tertiary/aromatic N) is 3. The topological polar surface area (TPSA) is 55.2 Å². The van der Waals surface area contributed by atoms with E-state index in [-0.39, 0.29) is 11.3 Å². The average Bonchev–Trinajstić information content (AvgIpc) is 2.55. The van der Waals surface area contributed by atoms with E-state index in [1.807, 2.05) is 23.1 Å². The average molecular weight is 299 g/mol. The van der Waals surface area contributed by atoms with Gasteiger partial charge in [0.1, 0.15) is 0 Å². The molecule has 1 fully saturated rings. The Morgan fingerprint density at radius 1 is 1.27 bits per heavy atom. The molecule has 22 heavy (non-hydrogen) atoms. The molecule has 0 unspecified atom stereocenters. The van der Waals surface area contributed by atoms with Crippen LogP contribution in [0.4, 0.5) is 0 Å². The summed E-state index contributed by atoms with van der Waals surface area (Å²) < 4.78 is 1.75. The minimum atomic E-state index is -0.0804. The highest BCUT2D eigenvalue weighted by Gasteiger charge is 2.20. The lowest BCUT2D eigenvalue weighted by atomic mass is 9.99. The Morgan fingerprint density at radius 3 is 2.77 bits per heavy atom. The molecule has 3 rings (SSSR count). The minimum absolute atomic E-state index is 0.0804. The van der Waals surface area contributed by atoms with Crippen molar-refractivity contribution in [3.63, 3.8) is 0 Å². The van der Waals surface area contributed by atoms with Crippen LogP contribution >= 0.6 is 0 Å². The second-order valence-corrected chi connectivity index (χ2v) is 6.06. The number of carbonyl (C=O) groups is 1. The number of benzene rings is 1. The Hall–Kier alpha value is -2.17. The lowest BCUT2D eigenvalue weighted by molar-refractivity contribution is -0.132. The second kappa shape index (κ2) is 6.30. The lowest BCUT2D eigenvalue weighted by Gasteiger charge is -2.30. The van der Waals surface area contributed by atoms with Gasteiger partial charge in [0.2, 0.25) is 11.3 Å². The van der Waals surface area contributed by atoms with Crippen molar-refractivity contribution in [2.45, 2.75) is 32.7 Å². The van der Waals surface area contributed by atoms with Crippen molar-refractivity contribution < 1.29 is 4.79 Å². The number of likely N-dealkylation sites (tertiary alicyclic amines) is 1. The van der Waals surface area contributed by atoms with E-state index in [0.717, 1.165) is 31.4 Å². The summed E-state index contributed by atoms with van der Waals surface area (Å²) >= 11 is 0. The van der Waals surface area contributed by atoms with Crippen LogP contribution in [0.15, 0.2) is 35.3 Å². The Bertz CT molecular complexity index is 730. The first-order valence-electron chi connectivity index (χ1n) is 7.88. The molecule has 1 saturated heterocycles. The number of amides is 1. The van der Waals surface area contributed by atoms with E-state index in [1.165, 1.54) is 6.20 Å². The molecule has 0 atom stereocenters. The smallest absolute Gasteiger partial charge is 0.224 e. The fourth-order valence-electron chi connectivity index (χ4n) is 2.96. The predicted molar refractivity (Wildman–Crippen MR) is 85.6 cm³/mol.